The summed E-state index contributed by atoms with van der Waals surface area (Å²) in [5.74, 6) is -0.0893. The first-order valence-electron chi connectivity index (χ1n) is 9.38. The minimum absolute atomic E-state index is 0.174. The van der Waals surface area contributed by atoms with Crippen LogP contribution in [0.1, 0.15) is 53.7 Å². The van der Waals surface area contributed by atoms with Gasteiger partial charge in [-0.3, -0.25) is 9.59 Å². The normalized spacial score (nSPS) is 11.2. The standard InChI is InChI=1S/C23H26N2O2/c1-6-25-13-19(22(26)18-12-15(4)10-11-20(18)25)23(27)24-21-16(5)8-7-9-17(21)14(2)3/h7-14H,6H2,1-5H3,(H,24,27). The molecule has 2 aromatic carbocycles. The third-order valence-corrected chi connectivity index (χ3v) is 4.99. The smallest absolute Gasteiger partial charge is 0.261 e. The molecule has 1 aromatic heterocycles. The molecule has 0 aliphatic carbocycles. The number of hydrogen-bond acceptors (Lipinski definition) is 2. The Bertz CT molecular complexity index is 1080. The van der Waals surface area contributed by atoms with Gasteiger partial charge in [-0.05, 0) is 49.9 Å². The van der Waals surface area contributed by atoms with Gasteiger partial charge in [0.1, 0.15) is 5.56 Å². The maximum atomic E-state index is 13.0. The monoisotopic (exact) mass is 362 g/mol. The maximum Gasteiger partial charge on any atom is 0.261 e. The Morgan fingerprint density at radius 3 is 2.56 bits per heavy atom. The minimum Gasteiger partial charge on any atom is -0.347 e. The van der Waals surface area contributed by atoms with Crippen LogP contribution in [0, 0.1) is 13.8 Å². The minimum atomic E-state index is -0.359. The first-order chi connectivity index (χ1) is 12.8. The molecule has 0 fully saturated rings. The van der Waals surface area contributed by atoms with Crippen LogP contribution in [0.2, 0.25) is 0 Å². The fourth-order valence-electron chi connectivity index (χ4n) is 3.46. The van der Waals surface area contributed by atoms with Gasteiger partial charge in [0.2, 0.25) is 5.43 Å². The second kappa shape index (κ2) is 7.39. The molecule has 3 rings (SSSR count). The number of aryl methyl sites for hydroxylation is 3. The van der Waals surface area contributed by atoms with E-state index in [1.165, 1.54) is 0 Å². The van der Waals surface area contributed by atoms with Crippen LogP contribution in [0.25, 0.3) is 10.9 Å². The molecule has 0 saturated heterocycles. The Hall–Kier alpha value is -2.88. The van der Waals surface area contributed by atoms with Crippen LogP contribution in [0.15, 0.2) is 47.4 Å². The van der Waals surface area contributed by atoms with Crippen LogP contribution >= 0.6 is 0 Å². The lowest BCUT2D eigenvalue weighted by molar-refractivity contribution is 0.102. The largest absolute Gasteiger partial charge is 0.347 e. The first-order valence-corrected chi connectivity index (χ1v) is 9.38. The Morgan fingerprint density at radius 2 is 1.89 bits per heavy atom. The Balaban J connectivity index is 2.13. The lowest BCUT2D eigenvalue weighted by Crippen LogP contribution is -2.24. The van der Waals surface area contributed by atoms with Crippen molar-refractivity contribution in [2.24, 2.45) is 0 Å². The first kappa shape index (κ1) is 18.9. The molecule has 0 spiro atoms. The lowest BCUT2D eigenvalue weighted by Gasteiger charge is -2.17. The fourth-order valence-corrected chi connectivity index (χ4v) is 3.46. The molecule has 0 atom stereocenters. The molecule has 140 valence electrons. The number of carbonyl (C=O) groups excluding carboxylic acids is 1. The number of rotatable bonds is 4. The fraction of sp³-hybridized carbons (Fsp3) is 0.304. The number of fused-ring (bicyclic) bond motifs is 1. The van der Waals surface area contributed by atoms with Crippen LogP contribution in [0.4, 0.5) is 5.69 Å². The van der Waals surface area contributed by atoms with Crippen LogP contribution < -0.4 is 10.7 Å². The van der Waals surface area contributed by atoms with Crippen LogP contribution in [-0.2, 0) is 6.54 Å². The zero-order valence-electron chi connectivity index (χ0n) is 16.6. The average Bonchev–Trinajstić information content (AvgIpc) is 2.63. The van der Waals surface area contributed by atoms with E-state index in [9.17, 15) is 9.59 Å². The van der Waals surface area contributed by atoms with Crippen LogP contribution in [0.5, 0.6) is 0 Å². The molecule has 3 aromatic rings. The number of nitrogens with zero attached hydrogens (tertiary/aromatic N) is 1. The summed E-state index contributed by atoms with van der Waals surface area (Å²) in [5.41, 5.74) is 4.65. The maximum absolute atomic E-state index is 13.0. The SMILES string of the molecule is CCn1cc(C(=O)Nc2c(C)cccc2C(C)C)c(=O)c2cc(C)ccc21. The molecule has 4 heteroatoms. The van der Waals surface area contributed by atoms with Crippen molar-refractivity contribution in [2.45, 2.75) is 47.1 Å². The van der Waals surface area contributed by atoms with Gasteiger partial charge in [-0.1, -0.05) is 43.7 Å². The molecule has 1 heterocycles. The zero-order valence-corrected chi connectivity index (χ0v) is 16.6. The van der Waals surface area contributed by atoms with Crippen LogP contribution in [-0.4, -0.2) is 10.5 Å². The van der Waals surface area contributed by atoms with Crippen molar-refractivity contribution in [2.75, 3.05) is 5.32 Å². The van der Waals surface area contributed by atoms with E-state index in [4.69, 9.17) is 0 Å². The van der Waals surface area contributed by atoms with E-state index in [2.05, 4.69) is 19.2 Å². The topological polar surface area (TPSA) is 51.1 Å². The number of anilines is 1. The van der Waals surface area contributed by atoms with Gasteiger partial charge in [0.05, 0.1) is 5.52 Å². The number of carbonyl (C=O) groups is 1. The zero-order chi connectivity index (χ0) is 19.7. The molecule has 1 amide bonds. The quantitative estimate of drug-likeness (QED) is 0.709. The summed E-state index contributed by atoms with van der Waals surface area (Å²) in [6.45, 7) is 10.8. The summed E-state index contributed by atoms with van der Waals surface area (Å²) in [4.78, 5) is 26.0. The molecule has 0 radical (unpaired) electrons. The molecule has 0 bridgehead atoms. The highest BCUT2D eigenvalue weighted by Crippen LogP contribution is 2.27. The average molecular weight is 362 g/mol. The van der Waals surface area contributed by atoms with Gasteiger partial charge in [-0.2, -0.15) is 0 Å². The highest BCUT2D eigenvalue weighted by Gasteiger charge is 2.18. The summed E-state index contributed by atoms with van der Waals surface area (Å²) in [6, 6.07) is 11.7. The number of aromatic nitrogens is 1. The van der Waals surface area contributed by atoms with E-state index in [1.807, 2.05) is 61.7 Å². The van der Waals surface area contributed by atoms with Crippen molar-refractivity contribution in [3.63, 3.8) is 0 Å². The predicted molar refractivity (Wildman–Crippen MR) is 112 cm³/mol. The van der Waals surface area contributed by atoms with Crippen molar-refractivity contribution < 1.29 is 4.79 Å². The number of amides is 1. The molecule has 4 nitrogen and oxygen atoms in total. The molecule has 27 heavy (non-hydrogen) atoms. The Morgan fingerprint density at radius 1 is 1.15 bits per heavy atom. The highest BCUT2D eigenvalue weighted by molar-refractivity contribution is 6.06. The van der Waals surface area contributed by atoms with Gasteiger partial charge < -0.3 is 9.88 Å². The van der Waals surface area contributed by atoms with Gasteiger partial charge >= 0.3 is 0 Å². The van der Waals surface area contributed by atoms with Crippen molar-refractivity contribution in [3.8, 4) is 0 Å². The van der Waals surface area contributed by atoms with Crippen molar-refractivity contribution in [1.82, 2.24) is 4.57 Å². The van der Waals surface area contributed by atoms with Gasteiger partial charge in [-0.25, -0.2) is 0 Å². The highest BCUT2D eigenvalue weighted by atomic mass is 16.2. The summed E-state index contributed by atoms with van der Waals surface area (Å²) in [6.07, 6.45) is 1.67. The second-order valence-electron chi connectivity index (χ2n) is 7.33. The number of para-hydroxylation sites is 1. The van der Waals surface area contributed by atoms with Gasteiger partial charge in [0.25, 0.3) is 5.91 Å². The molecule has 1 N–H and O–H groups in total. The second-order valence-corrected chi connectivity index (χ2v) is 7.33. The molecule has 0 aliphatic heterocycles. The van der Waals surface area contributed by atoms with E-state index >= 15 is 0 Å². The van der Waals surface area contributed by atoms with Gasteiger partial charge in [-0.15, -0.1) is 0 Å². The van der Waals surface area contributed by atoms with E-state index in [1.54, 1.807) is 6.20 Å². The van der Waals surface area contributed by atoms with E-state index in [0.717, 1.165) is 27.9 Å². The van der Waals surface area contributed by atoms with Crippen LogP contribution in [0.3, 0.4) is 0 Å². The van der Waals surface area contributed by atoms with E-state index in [0.29, 0.717) is 11.9 Å². The number of nitrogens with one attached hydrogen (secondary N) is 1. The molecule has 0 saturated carbocycles. The predicted octanol–water partition coefficient (Wildman–Crippen LogP) is 5.01. The van der Waals surface area contributed by atoms with Crippen molar-refractivity contribution >= 4 is 22.5 Å². The summed E-state index contributed by atoms with van der Waals surface area (Å²) in [5, 5.41) is 3.58. The van der Waals surface area contributed by atoms with E-state index in [-0.39, 0.29) is 22.8 Å². The summed E-state index contributed by atoms with van der Waals surface area (Å²) < 4.78 is 1.95. The Labute approximate surface area is 159 Å². The summed E-state index contributed by atoms with van der Waals surface area (Å²) in [7, 11) is 0. The third kappa shape index (κ3) is 3.52. The van der Waals surface area contributed by atoms with Crippen molar-refractivity contribution in [3.05, 3.63) is 75.1 Å². The third-order valence-electron chi connectivity index (χ3n) is 4.99. The molecular formula is C23H26N2O2. The lowest BCUT2D eigenvalue weighted by atomic mass is 9.98. The van der Waals surface area contributed by atoms with Gasteiger partial charge in [0.15, 0.2) is 0 Å². The number of hydrogen-bond donors (Lipinski definition) is 1. The van der Waals surface area contributed by atoms with Crippen molar-refractivity contribution in [1.29, 1.82) is 0 Å². The number of pyridine rings is 1. The Kier molecular flexibility index (Phi) is 5.17. The molecular weight excluding hydrogens is 336 g/mol. The van der Waals surface area contributed by atoms with Gasteiger partial charge in [0, 0.05) is 23.8 Å². The molecule has 0 aliphatic rings. The summed E-state index contributed by atoms with van der Waals surface area (Å²) >= 11 is 0. The van der Waals surface area contributed by atoms with E-state index < -0.39 is 0 Å². The molecule has 0 unspecified atom stereocenters. The number of benzene rings is 2.